The largest absolute Gasteiger partial charge is 0.416 e. The standard InChI is InChI=1S/C23H18F3N5/c24-23(25,26)17-7-5-15(6-8-17)22-28-11-16-13-31(10-9-19(16)30-22)14-18-12-27-20-3-1-2-4-21(20)29-18/h1-8,11-12H,9-10,13-14H2. The zero-order valence-electron chi connectivity index (χ0n) is 16.5. The number of aromatic nitrogens is 4. The lowest BCUT2D eigenvalue weighted by Crippen LogP contribution is -2.31. The number of benzene rings is 2. The maximum Gasteiger partial charge on any atom is 0.416 e. The van der Waals surface area contributed by atoms with E-state index in [1.165, 1.54) is 12.1 Å². The smallest absolute Gasteiger partial charge is 0.293 e. The zero-order valence-corrected chi connectivity index (χ0v) is 16.5. The van der Waals surface area contributed by atoms with Crippen LogP contribution in [-0.4, -0.2) is 31.4 Å². The molecule has 0 bridgehead atoms. The normalized spacial score (nSPS) is 14.5. The molecule has 3 heterocycles. The van der Waals surface area contributed by atoms with Gasteiger partial charge in [-0.05, 0) is 24.3 Å². The number of hydrogen-bond acceptors (Lipinski definition) is 5. The minimum atomic E-state index is -4.35. The van der Waals surface area contributed by atoms with E-state index in [0.29, 0.717) is 24.5 Å². The molecule has 0 fully saturated rings. The molecule has 0 saturated carbocycles. The van der Waals surface area contributed by atoms with Gasteiger partial charge in [0.05, 0.1) is 34.2 Å². The molecule has 5 rings (SSSR count). The van der Waals surface area contributed by atoms with E-state index in [4.69, 9.17) is 0 Å². The van der Waals surface area contributed by atoms with Crippen LogP contribution >= 0.6 is 0 Å². The molecule has 4 aromatic rings. The second kappa shape index (κ2) is 7.70. The Morgan fingerprint density at radius 1 is 0.871 bits per heavy atom. The van der Waals surface area contributed by atoms with Crippen molar-refractivity contribution in [3.8, 4) is 11.4 Å². The van der Waals surface area contributed by atoms with E-state index < -0.39 is 11.7 Å². The molecular formula is C23H18F3N5. The Balaban J connectivity index is 1.31. The highest BCUT2D eigenvalue weighted by molar-refractivity contribution is 5.73. The second-order valence-electron chi connectivity index (χ2n) is 7.55. The topological polar surface area (TPSA) is 54.8 Å². The van der Waals surface area contributed by atoms with E-state index in [9.17, 15) is 13.2 Å². The molecule has 156 valence electrons. The first-order chi connectivity index (χ1) is 15.0. The molecule has 31 heavy (non-hydrogen) atoms. The van der Waals surface area contributed by atoms with E-state index >= 15 is 0 Å². The van der Waals surface area contributed by atoms with Crippen LogP contribution in [0.2, 0.25) is 0 Å². The van der Waals surface area contributed by atoms with Crippen molar-refractivity contribution in [3.05, 3.63) is 83.4 Å². The quantitative estimate of drug-likeness (QED) is 0.482. The van der Waals surface area contributed by atoms with Crippen LogP contribution in [0, 0.1) is 0 Å². The van der Waals surface area contributed by atoms with Crippen molar-refractivity contribution >= 4 is 11.0 Å². The molecule has 1 aliphatic heterocycles. The van der Waals surface area contributed by atoms with Crippen molar-refractivity contribution in [1.29, 1.82) is 0 Å². The van der Waals surface area contributed by atoms with Crippen LogP contribution in [0.3, 0.4) is 0 Å². The van der Waals surface area contributed by atoms with Crippen molar-refractivity contribution in [2.75, 3.05) is 6.54 Å². The van der Waals surface area contributed by atoms with Crippen LogP contribution in [0.25, 0.3) is 22.4 Å². The molecular weight excluding hydrogens is 403 g/mol. The predicted octanol–water partition coefficient (Wildman–Crippen LogP) is 4.66. The van der Waals surface area contributed by atoms with Gasteiger partial charge in [-0.1, -0.05) is 24.3 Å². The van der Waals surface area contributed by atoms with Crippen LogP contribution in [0.15, 0.2) is 60.9 Å². The number of hydrogen-bond donors (Lipinski definition) is 0. The Labute approximate surface area is 176 Å². The van der Waals surface area contributed by atoms with E-state index in [1.54, 1.807) is 6.20 Å². The Bertz CT molecular complexity index is 1240. The molecule has 1 aliphatic rings. The van der Waals surface area contributed by atoms with Gasteiger partial charge in [0.1, 0.15) is 0 Å². The minimum absolute atomic E-state index is 0.446. The summed E-state index contributed by atoms with van der Waals surface area (Å²) in [4.78, 5) is 20.4. The first-order valence-electron chi connectivity index (χ1n) is 9.91. The van der Waals surface area contributed by atoms with Crippen molar-refractivity contribution in [2.45, 2.75) is 25.7 Å². The zero-order chi connectivity index (χ0) is 21.4. The summed E-state index contributed by atoms with van der Waals surface area (Å²) in [7, 11) is 0. The number of fused-ring (bicyclic) bond motifs is 2. The van der Waals surface area contributed by atoms with Gasteiger partial charge in [0.25, 0.3) is 0 Å². The molecule has 8 heteroatoms. The number of nitrogens with zero attached hydrogens (tertiary/aromatic N) is 5. The van der Waals surface area contributed by atoms with Crippen LogP contribution in [-0.2, 0) is 25.7 Å². The van der Waals surface area contributed by atoms with Gasteiger partial charge in [0, 0.05) is 43.4 Å². The molecule has 0 radical (unpaired) electrons. The van der Waals surface area contributed by atoms with Gasteiger partial charge in [0.2, 0.25) is 0 Å². The van der Waals surface area contributed by atoms with E-state index in [0.717, 1.165) is 53.1 Å². The summed E-state index contributed by atoms with van der Waals surface area (Å²) in [5, 5.41) is 0. The predicted molar refractivity (Wildman–Crippen MR) is 110 cm³/mol. The van der Waals surface area contributed by atoms with Gasteiger partial charge < -0.3 is 0 Å². The molecule has 2 aromatic heterocycles. The van der Waals surface area contributed by atoms with Crippen LogP contribution in [0.1, 0.15) is 22.5 Å². The first kappa shape index (κ1) is 19.6. The lowest BCUT2D eigenvalue weighted by atomic mass is 10.1. The molecule has 0 spiro atoms. The fourth-order valence-electron chi connectivity index (χ4n) is 3.76. The van der Waals surface area contributed by atoms with Gasteiger partial charge in [-0.15, -0.1) is 0 Å². The molecule has 0 atom stereocenters. The molecule has 0 saturated heterocycles. The summed E-state index contributed by atoms with van der Waals surface area (Å²) in [6, 6.07) is 12.7. The molecule has 0 amide bonds. The van der Waals surface area contributed by atoms with Gasteiger partial charge in [-0.25, -0.2) is 15.0 Å². The average molecular weight is 421 g/mol. The first-order valence-corrected chi connectivity index (χ1v) is 9.91. The van der Waals surface area contributed by atoms with Crippen LogP contribution < -0.4 is 0 Å². The van der Waals surface area contributed by atoms with Crippen LogP contribution in [0.4, 0.5) is 13.2 Å². The third-order valence-corrected chi connectivity index (χ3v) is 5.37. The Morgan fingerprint density at radius 3 is 2.42 bits per heavy atom. The Morgan fingerprint density at radius 2 is 1.65 bits per heavy atom. The lowest BCUT2D eigenvalue weighted by molar-refractivity contribution is -0.137. The van der Waals surface area contributed by atoms with Gasteiger partial charge in [0.15, 0.2) is 5.82 Å². The fourth-order valence-corrected chi connectivity index (χ4v) is 3.76. The molecule has 0 aliphatic carbocycles. The summed E-state index contributed by atoms with van der Waals surface area (Å²) >= 11 is 0. The molecule has 2 aromatic carbocycles. The number of alkyl halides is 3. The SMILES string of the molecule is FC(F)(F)c1ccc(-c2ncc3c(n2)CCN(Cc2cnc4ccccc4n2)C3)cc1. The van der Waals surface area contributed by atoms with Gasteiger partial charge in [-0.2, -0.15) is 13.2 Å². The number of para-hydroxylation sites is 2. The summed E-state index contributed by atoms with van der Waals surface area (Å²) in [6.45, 7) is 2.18. The maximum absolute atomic E-state index is 12.8. The molecule has 0 N–H and O–H groups in total. The second-order valence-corrected chi connectivity index (χ2v) is 7.55. The maximum atomic E-state index is 12.8. The van der Waals surface area contributed by atoms with Crippen molar-refractivity contribution in [3.63, 3.8) is 0 Å². The Kier molecular flexibility index (Phi) is 4.86. The summed E-state index contributed by atoms with van der Waals surface area (Å²) < 4.78 is 38.3. The third-order valence-electron chi connectivity index (χ3n) is 5.37. The summed E-state index contributed by atoms with van der Waals surface area (Å²) in [5.41, 5.74) is 4.51. The molecule has 0 unspecified atom stereocenters. The van der Waals surface area contributed by atoms with Gasteiger partial charge in [-0.3, -0.25) is 9.88 Å². The van der Waals surface area contributed by atoms with Gasteiger partial charge >= 0.3 is 6.18 Å². The highest BCUT2D eigenvalue weighted by Gasteiger charge is 2.30. The van der Waals surface area contributed by atoms with E-state index in [-0.39, 0.29) is 0 Å². The minimum Gasteiger partial charge on any atom is -0.293 e. The Hall–Kier alpha value is -3.39. The van der Waals surface area contributed by atoms with E-state index in [2.05, 4.69) is 24.8 Å². The van der Waals surface area contributed by atoms with E-state index in [1.807, 2.05) is 30.5 Å². The van der Waals surface area contributed by atoms with Crippen molar-refractivity contribution < 1.29 is 13.2 Å². The summed E-state index contributed by atoms with van der Waals surface area (Å²) in [6.07, 6.45) is -0.0315. The molecule has 5 nitrogen and oxygen atoms in total. The highest BCUT2D eigenvalue weighted by atomic mass is 19.4. The monoisotopic (exact) mass is 421 g/mol. The van der Waals surface area contributed by atoms with Crippen molar-refractivity contribution in [2.24, 2.45) is 0 Å². The fraction of sp³-hybridized carbons (Fsp3) is 0.217. The summed E-state index contributed by atoms with van der Waals surface area (Å²) in [5.74, 6) is 0.446. The lowest BCUT2D eigenvalue weighted by Gasteiger charge is -2.27. The average Bonchev–Trinajstić information content (AvgIpc) is 2.78. The number of rotatable bonds is 3. The van der Waals surface area contributed by atoms with Crippen molar-refractivity contribution in [1.82, 2.24) is 24.8 Å². The number of halogens is 3. The third kappa shape index (κ3) is 4.11. The van der Waals surface area contributed by atoms with Crippen LogP contribution in [0.5, 0.6) is 0 Å². The highest BCUT2D eigenvalue weighted by Crippen LogP contribution is 2.30.